The van der Waals surface area contributed by atoms with Gasteiger partial charge in [0.25, 0.3) is 11.8 Å². The second-order valence-corrected chi connectivity index (χ2v) is 21.5. The van der Waals surface area contributed by atoms with E-state index in [9.17, 15) is 26.4 Å². The molecule has 61 heavy (non-hydrogen) atoms. The lowest BCUT2D eigenvalue weighted by molar-refractivity contribution is 0.0889. The van der Waals surface area contributed by atoms with E-state index >= 15 is 0 Å². The number of benzene rings is 4. The molecule has 0 aromatic heterocycles. The van der Waals surface area contributed by atoms with E-state index < -0.39 is 20.0 Å². The van der Waals surface area contributed by atoms with E-state index in [1.165, 1.54) is 22.3 Å². The molecule has 326 valence electrons. The molecular weight excluding hydrogens is 805 g/mol. The number of rotatable bonds is 11. The van der Waals surface area contributed by atoms with Crippen molar-refractivity contribution in [2.24, 2.45) is 0 Å². The van der Waals surface area contributed by atoms with Crippen molar-refractivity contribution in [3.8, 4) is 0 Å². The normalized spacial score (nSPS) is 20.7. The summed E-state index contributed by atoms with van der Waals surface area (Å²) >= 11 is 0. The largest absolute Gasteiger partial charge is 0.348 e. The fourth-order valence-electron chi connectivity index (χ4n) is 10.6. The summed E-state index contributed by atoms with van der Waals surface area (Å²) in [6.07, 6.45) is 6.56. The van der Waals surface area contributed by atoms with Crippen LogP contribution in [0.5, 0.6) is 0 Å². The summed E-state index contributed by atoms with van der Waals surface area (Å²) in [6, 6.07) is 32.1. The number of aryl methyl sites for hydroxylation is 2. The number of carbonyl (C=O) groups excluding carboxylic acids is 2. The lowest BCUT2D eigenvalue weighted by Crippen LogP contribution is -2.54. The highest BCUT2D eigenvalue weighted by Gasteiger charge is 2.51. The standard InChI is InChI=1S/C25H32N2O3S.C24H30N2O3S/c1-3-17-31(29,30)27-15-13-25(14-16-27)22-12-8-6-10-20(22)18-23(25)26-24(28)21-11-7-5-9-19(21)4-2;1-3-16-30(28,29)26-14-12-24(13-15-26)21-11-7-5-9-19(21)17-22(24)25-23(27)20-10-6-4-8-18(20)2/h5-12,23H,3-4,13-18H2,1-2H3,(H,26,28);4-11,22H,3,12-17H2,1-2H3,(H,25,27). The number of fused-ring (bicyclic) bond motifs is 4. The summed E-state index contributed by atoms with van der Waals surface area (Å²) in [6.45, 7) is 9.84. The van der Waals surface area contributed by atoms with E-state index in [0.717, 1.165) is 61.6 Å². The molecular formula is C49H62N4O6S2. The van der Waals surface area contributed by atoms with Crippen molar-refractivity contribution in [1.29, 1.82) is 0 Å². The van der Waals surface area contributed by atoms with Gasteiger partial charge in [-0.2, -0.15) is 0 Å². The van der Waals surface area contributed by atoms with E-state index in [2.05, 4.69) is 47.9 Å². The molecule has 2 amide bonds. The molecule has 2 aliphatic carbocycles. The first-order valence-corrected chi connectivity index (χ1v) is 25.4. The summed E-state index contributed by atoms with van der Waals surface area (Å²) in [5.41, 5.74) is 8.08. The number of nitrogens with zero attached hydrogens (tertiary/aromatic N) is 2. The first-order valence-electron chi connectivity index (χ1n) is 22.2. The molecule has 0 bridgehead atoms. The Labute approximate surface area is 363 Å². The zero-order valence-corrected chi connectivity index (χ0v) is 37.8. The summed E-state index contributed by atoms with van der Waals surface area (Å²) < 4.78 is 53.6. The summed E-state index contributed by atoms with van der Waals surface area (Å²) in [5.74, 6) is 0.316. The SMILES string of the molecule is CCCS(=O)(=O)N1CCC2(CC1)c1ccccc1CC2NC(=O)c1ccccc1C.CCCS(=O)(=O)N1CCC2(CC1)c1ccccc1CC2NC(=O)c1ccccc1CC. The molecule has 2 spiro atoms. The van der Waals surface area contributed by atoms with Crippen LogP contribution in [0, 0.1) is 6.92 Å². The van der Waals surface area contributed by atoms with E-state index in [-0.39, 0.29) is 46.2 Å². The average molecular weight is 867 g/mol. The van der Waals surface area contributed by atoms with Crippen molar-refractivity contribution in [2.45, 2.75) is 108 Å². The predicted molar refractivity (Wildman–Crippen MR) is 243 cm³/mol. The first kappa shape index (κ1) is 44.7. The Morgan fingerprint density at radius 3 is 1.41 bits per heavy atom. The number of hydrogen-bond donors (Lipinski definition) is 2. The first-order chi connectivity index (χ1) is 29.3. The van der Waals surface area contributed by atoms with Gasteiger partial charge in [-0.3, -0.25) is 9.59 Å². The highest BCUT2D eigenvalue weighted by Crippen LogP contribution is 2.48. The van der Waals surface area contributed by atoms with Gasteiger partial charge in [-0.05, 0) is 110 Å². The van der Waals surface area contributed by atoms with Crippen molar-refractivity contribution in [3.63, 3.8) is 0 Å². The van der Waals surface area contributed by atoms with Crippen LogP contribution in [0.25, 0.3) is 0 Å². The molecule has 2 fully saturated rings. The lowest BCUT2D eigenvalue weighted by atomic mass is 9.71. The van der Waals surface area contributed by atoms with Crippen molar-refractivity contribution in [1.82, 2.24) is 19.2 Å². The van der Waals surface area contributed by atoms with Crippen LogP contribution in [0.4, 0.5) is 0 Å². The molecule has 12 heteroatoms. The Kier molecular flexibility index (Phi) is 13.6. The Bertz CT molecular complexity index is 2440. The minimum absolute atomic E-state index is 0.0293. The Balaban J connectivity index is 0.000000184. The number of carbonyl (C=O) groups is 2. The second kappa shape index (κ2) is 18.5. The third kappa shape index (κ3) is 8.96. The lowest BCUT2D eigenvalue weighted by Gasteiger charge is -2.43. The van der Waals surface area contributed by atoms with Crippen molar-refractivity contribution in [3.05, 3.63) is 142 Å². The highest BCUT2D eigenvalue weighted by atomic mass is 32.2. The van der Waals surface area contributed by atoms with Crippen molar-refractivity contribution < 1.29 is 26.4 Å². The number of sulfonamides is 2. The van der Waals surface area contributed by atoms with E-state index in [1.807, 2.05) is 87.5 Å². The Morgan fingerprint density at radius 1 is 0.574 bits per heavy atom. The fraction of sp³-hybridized carbons (Fsp3) is 0.469. The molecule has 0 radical (unpaired) electrons. The van der Waals surface area contributed by atoms with Gasteiger partial charge >= 0.3 is 0 Å². The predicted octanol–water partition coefficient (Wildman–Crippen LogP) is 7.10. The van der Waals surface area contributed by atoms with Gasteiger partial charge in [-0.15, -0.1) is 0 Å². The monoisotopic (exact) mass is 866 g/mol. The van der Waals surface area contributed by atoms with Crippen molar-refractivity contribution in [2.75, 3.05) is 37.7 Å². The molecule has 0 saturated carbocycles. The van der Waals surface area contributed by atoms with Gasteiger partial charge in [0.05, 0.1) is 11.5 Å². The topological polar surface area (TPSA) is 133 Å². The summed E-state index contributed by atoms with van der Waals surface area (Å²) in [4.78, 5) is 26.3. The van der Waals surface area contributed by atoms with Gasteiger partial charge in [0, 0.05) is 60.2 Å². The summed E-state index contributed by atoms with van der Waals surface area (Å²) in [7, 11) is -6.40. The van der Waals surface area contributed by atoms with Gasteiger partial charge in [-0.1, -0.05) is 106 Å². The minimum atomic E-state index is -3.20. The smallest absolute Gasteiger partial charge is 0.251 e. The molecule has 8 rings (SSSR count). The number of piperidine rings is 2. The van der Waals surface area contributed by atoms with E-state index in [4.69, 9.17) is 0 Å². The van der Waals surface area contributed by atoms with Crippen LogP contribution in [0.2, 0.25) is 0 Å². The fourth-order valence-corrected chi connectivity index (χ4v) is 13.7. The third-order valence-electron chi connectivity index (χ3n) is 13.9. The highest BCUT2D eigenvalue weighted by molar-refractivity contribution is 7.89. The van der Waals surface area contributed by atoms with Crippen LogP contribution in [-0.2, 0) is 50.1 Å². The minimum Gasteiger partial charge on any atom is -0.348 e. The molecule has 2 unspecified atom stereocenters. The van der Waals surface area contributed by atoms with Crippen LogP contribution in [-0.4, -0.2) is 87.0 Å². The molecule has 4 aromatic carbocycles. The van der Waals surface area contributed by atoms with Crippen LogP contribution in [0.15, 0.2) is 97.1 Å². The molecule has 2 atom stereocenters. The molecule has 4 aliphatic rings. The Morgan fingerprint density at radius 2 is 0.967 bits per heavy atom. The second-order valence-electron chi connectivity index (χ2n) is 17.3. The van der Waals surface area contributed by atoms with Crippen LogP contribution in [0.1, 0.15) is 113 Å². The number of hydrogen-bond acceptors (Lipinski definition) is 6. The molecule has 2 N–H and O–H groups in total. The molecule has 2 heterocycles. The molecule has 2 aliphatic heterocycles. The van der Waals surface area contributed by atoms with E-state index in [0.29, 0.717) is 44.6 Å². The maximum absolute atomic E-state index is 13.2. The van der Waals surface area contributed by atoms with Crippen LogP contribution in [0.3, 0.4) is 0 Å². The molecule has 10 nitrogen and oxygen atoms in total. The quantitative estimate of drug-likeness (QED) is 0.165. The summed E-state index contributed by atoms with van der Waals surface area (Å²) in [5, 5.41) is 6.66. The zero-order valence-electron chi connectivity index (χ0n) is 36.2. The van der Waals surface area contributed by atoms with Gasteiger partial charge in [0.1, 0.15) is 0 Å². The average Bonchev–Trinajstić information content (AvgIpc) is 3.71. The van der Waals surface area contributed by atoms with Gasteiger partial charge < -0.3 is 10.6 Å². The maximum atomic E-state index is 13.2. The molecule has 4 aromatic rings. The molecule has 2 saturated heterocycles. The van der Waals surface area contributed by atoms with Gasteiger partial charge in [0.2, 0.25) is 20.0 Å². The van der Waals surface area contributed by atoms with E-state index in [1.54, 1.807) is 8.61 Å². The number of amides is 2. The third-order valence-corrected chi connectivity index (χ3v) is 18.0. The Hall–Kier alpha value is -4.36. The van der Waals surface area contributed by atoms with Crippen LogP contribution >= 0.6 is 0 Å². The van der Waals surface area contributed by atoms with Crippen molar-refractivity contribution >= 4 is 31.9 Å². The van der Waals surface area contributed by atoms with Gasteiger partial charge in [0.15, 0.2) is 0 Å². The van der Waals surface area contributed by atoms with Gasteiger partial charge in [-0.25, -0.2) is 25.4 Å². The maximum Gasteiger partial charge on any atom is 0.251 e. The number of nitrogens with one attached hydrogen (secondary N) is 2. The zero-order chi connectivity index (χ0) is 43.4. The van der Waals surface area contributed by atoms with Crippen LogP contribution < -0.4 is 10.6 Å².